The van der Waals surface area contributed by atoms with Crippen LogP contribution in [0.5, 0.6) is 0 Å². The second-order valence-corrected chi connectivity index (χ2v) is 11.1. The summed E-state index contributed by atoms with van der Waals surface area (Å²) in [4.78, 5) is 12.3. The quantitative estimate of drug-likeness (QED) is 0.479. The Morgan fingerprint density at radius 1 is 1.15 bits per heavy atom. The van der Waals surface area contributed by atoms with Gasteiger partial charge in [0.2, 0.25) is 13.4 Å². The number of fused-ring (bicyclic) bond motifs is 1. The van der Waals surface area contributed by atoms with Crippen LogP contribution < -0.4 is 10.6 Å². The van der Waals surface area contributed by atoms with Crippen LogP contribution in [0, 0.1) is 5.82 Å². The Hall–Kier alpha value is -1.62. The van der Waals surface area contributed by atoms with Gasteiger partial charge in [0.1, 0.15) is 5.82 Å². The summed E-state index contributed by atoms with van der Waals surface area (Å²) in [5.41, 5.74) is -0.470. The third-order valence-electron chi connectivity index (χ3n) is 4.06. The number of carbonyl (C=O) groups excluding carboxylic acids is 1. The highest BCUT2D eigenvalue weighted by Crippen LogP contribution is 2.31. The molecule has 0 spiro atoms. The summed E-state index contributed by atoms with van der Waals surface area (Å²) >= 11 is 0.595. The molecule has 0 saturated carbocycles. The first kappa shape index (κ1) is 19.2. The van der Waals surface area contributed by atoms with Crippen molar-refractivity contribution in [2.24, 2.45) is 0 Å². The van der Waals surface area contributed by atoms with Crippen LogP contribution in [-0.2, 0) is 10.5 Å². The van der Waals surface area contributed by atoms with Gasteiger partial charge >= 0.3 is 13.3 Å². The first-order valence-corrected chi connectivity index (χ1v) is 11.3. The van der Waals surface area contributed by atoms with Crippen LogP contribution in [0.25, 0.3) is 0 Å². The zero-order valence-corrected chi connectivity index (χ0v) is 15.5. The minimum absolute atomic E-state index is 0.0377. The van der Waals surface area contributed by atoms with Crippen LogP contribution in [0.1, 0.15) is 15.9 Å². The molecule has 0 radical (unpaired) electrons. The van der Waals surface area contributed by atoms with Crippen molar-refractivity contribution in [2.45, 2.75) is 24.2 Å². The number of rotatable bonds is 2. The number of hydrogen-bond donors (Lipinski definition) is 1. The van der Waals surface area contributed by atoms with Crippen molar-refractivity contribution < 1.29 is 31.7 Å². The summed E-state index contributed by atoms with van der Waals surface area (Å²) in [6, 6.07) is 6.63. The van der Waals surface area contributed by atoms with E-state index >= 15 is 0 Å². The van der Waals surface area contributed by atoms with Gasteiger partial charge in [-0.2, -0.15) is 13.2 Å². The molecule has 0 unspecified atom stereocenters. The lowest BCUT2D eigenvalue weighted by Gasteiger charge is -2.18. The van der Waals surface area contributed by atoms with E-state index in [-0.39, 0.29) is 10.5 Å². The maximum atomic E-state index is 14.9. The van der Waals surface area contributed by atoms with Crippen molar-refractivity contribution in [1.29, 1.82) is 0 Å². The molecule has 1 aliphatic rings. The van der Waals surface area contributed by atoms with Gasteiger partial charge in [-0.05, 0) is 60.7 Å². The summed E-state index contributed by atoms with van der Waals surface area (Å²) in [7, 11) is -3.82. The molecule has 136 valence electrons. The SMILES string of the molecule is C[Si]1(C)OB(O)c2ccc(SC(=O)c3ccc(C(F)(F)F)cc3)c(F)c21. The van der Waals surface area contributed by atoms with Gasteiger partial charge in [-0.15, -0.1) is 0 Å². The lowest BCUT2D eigenvalue weighted by molar-refractivity contribution is -0.137. The minimum atomic E-state index is -4.49. The highest BCUT2D eigenvalue weighted by atomic mass is 32.2. The summed E-state index contributed by atoms with van der Waals surface area (Å²) in [5, 5.41) is 9.59. The van der Waals surface area contributed by atoms with Crippen LogP contribution in [0.15, 0.2) is 41.3 Å². The molecule has 3 nitrogen and oxygen atoms in total. The van der Waals surface area contributed by atoms with E-state index in [4.69, 9.17) is 4.34 Å². The molecule has 0 atom stereocenters. The largest absolute Gasteiger partial charge is 0.480 e. The molecule has 0 aromatic heterocycles. The van der Waals surface area contributed by atoms with E-state index in [0.29, 0.717) is 22.4 Å². The van der Waals surface area contributed by atoms with E-state index in [1.807, 2.05) is 0 Å². The van der Waals surface area contributed by atoms with Crippen molar-refractivity contribution in [1.82, 2.24) is 0 Å². The molecule has 0 bridgehead atoms. The topological polar surface area (TPSA) is 46.5 Å². The van der Waals surface area contributed by atoms with E-state index in [1.54, 1.807) is 13.1 Å². The van der Waals surface area contributed by atoms with E-state index in [0.717, 1.165) is 24.3 Å². The average molecular weight is 400 g/mol. The van der Waals surface area contributed by atoms with Crippen LogP contribution >= 0.6 is 11.8 Å². The maximum absolute atomic E-state index is 14.9. The average Bonchev–Trinajstić information content (AvgIpc) is 2.78. The van der Waals surface area contributed by atoms with E-state index in [9.17, 15) is 27.4 Å². The molecule has 26 heavy (non-hydrogen) atoms. The Kier molecular flexibility index (Phi) is 4.80. The molecule has 0 fully saturated rings. The normalized spacial score (nSPS) is 15.9. The van der Waals surface area contributed by atoms with Crippen molar-refractivity contribution in [2.75, 3.05) is 0 Å². The van der Waals surface area contributed by atoms with Crippen LogP contribution in [-0.4, -0.2) is 25.6 Å². The predicted molar refractivity (Wildman–Crippen MR) is 93.8 cm³/mol. The van der Waals surface area contributed by atoms with Crippen molar-refractivity contribution in [3.63, 3.8) is 0 Å². The third kappa shape index (κ3) is 3.46. The third-order valence-corrected chi connectivity index (χ3v) is 7.54. The minimum Gasteiger partial charge on any atom is -0.446 e. The standard InChI is InChI=1S/C16H13BF4O3SSi/c1-26(2)14-11(17(23)24-26)7-8-12(13(14)18)25-15(22)9-3-5-10(6-4-9)16(19,20)21/h3-8,23H,1-2H3. The zero-order chi connectivity index (χ0) is 19.3. The summed E-state index contributed by atoms with van der Waals surface area (Å²) in [6.45, 7) is 3.47. The first-order chi connectivity index (χ1) is 12.0. The Morgan fingerprint density at radius 3 is 2.35 bits per heavy atom. The fourth-order valence-electron chi connectivity index (χ4n) is 2.82. The van der Waals surface area contributed by atoms with Gasteiger partial charge in [0.15, 0.2) is 0 Å². The molecular weight excluding hydrogens is 387 g/mol. The molecule has 3 rings (SSSR count). The molecule has 1 N–H and O–H groups in total. The summed E-state index contributed by atoms with van der Waals surface area (Å²) in [6.07, 6.45) is -4.49. The Balaban J connectivity index is 1.87. The molecule has 10 heteroatoms. The Labute approximate surface area is 152 Å². The molecule has 0 amide bonds. The first-order valence-electron chi connectivity index (χ1n) is 7.59. The zero-order valence-electron chi connectivity index (χ0n) is 13.7. The maximum Gasteiger partial charge on any atom is 0.480 e. The second-order valence-electron chi connectivity index (χ2n) is 6.29. The summed E-state index contributed by atoms with van der Waals surface area (Å²) < 4.78 is 58.1. The van der Waals surface area contributed by atoms with Crippen molar-refractivity contribution in [3.8, 4) is 0 Å². The number of hydrogen-bond acceptors (Lipinski definition) is 4. The highest BCUT2D eigenvalue weighted by molar-refractivity contribution is 8.14. The molecule has 1 aliphatic heterocycles. The fraction of sp³-hybridized carbons (Fsp3) is 0.188. The van der Waals surface area contributed by atoms with Gasteiger partial charge in [0, 0.05) is 10.8 Å². The highest BCUT2D eigenvalue weighted by Gasteiger charge is 2.45. The number of alkyl halides is 3. The molecule has 0 saturated heterocycles. The van der Waals surface area contributed by atoms with Gasteiger partial charge in [-0.1, -0.05) is 6.07 Å². The number of benzene rings is 2. The van der Waals surface area contributed by atoms with Crippen molar-refractivity contribution in [3.05, 3.63) is 53.3 Å². The van der Waals surface area contributed by atoms with Crippen LogP contribution in [0.3, 0.4) is 0 Å². The molecule has 0 aliphatic carbocycles. The van der Waals surface area contributed by atoms with Gasteiger partial charge < -0.3 is 9.37 Å². The molecule has 2 aromatic rings. The molecule has 2 aromatic carbocycles. The predicted octanol–water partition coefficient (Wildman–Crippen LogP) is 2.91. The second kappa shape index (κ2) is 6.52. The van der Waals surface area contributed by atoms with Crippen molar-refractivity contribution >= 4 is 43.0 Å². The Morgan fingerprint density at radius 2 is 1.77 bits per heavy atom. The smallest absolute Gasteiger partial charge is 0.446 e. The van der Waals surface area contributed by atoms with Gasteiger partial charge in [0.25, 0.3) is 0 Å². The van der Waals surface area contributed by atoms with Gasteiger partial charge in [-0.25, -0.2) is 4.39 Å². The number of carbonyl (C=O) groups is 1. The summed E-state index contributed by atoms with van der Waals surface area (Å²) in [5.74, 6) is -0.624. The van der Waals surface area contributed by atoms with Gasteiger partial charge in [-0.3, -0.25) is 4.79 Å². The van der Waals surface area contributed by atoms with Crippen LogP contribution in [0.2, 0.25) is 13.1 Å². The monoisotopic (exact) mass is 400 g/mol. The molecular formula is C16H13BF4O3SSi. The lowest BCUT2D eigenvalue weighted by atomic mass is 9.80. The molecule has 1 heterocycles. The Bertz CT molecular complexity index is 871. The van der Waals surface area contributed by atoms with Gasteiger partial charge in [0.05, 0.1) is 10.5 Å². The number of thioether (sulfide) groups is 1. The van der Waals surface area contributed by atoms with E-state index in [2.05, 4.69) is 0 Å². The van der Waals surface area contributed by atoms with Crippen LogP contribution in [0.4, 0.5) is 17.6 Å². The van der Waals surface area contributed by atoms with E-state index in [1.165, 1.54) is 12.1 Å². The van der Waals surface area contributed by atoms with E-state index < -0.39 is 38.1 Å². The number of halogens is 4. The fourth-order valence-corrected chi connectivity index (χ4v) is 6.06. The lowest BCUT2D eigenvalue weighted by Crippen LogP contribution is -2.46.